The van der Waals surface area contributed by atoms with Crippen molar-refractivity contribution < 1.29 is 19.1 Å². The van der Waals surface area contributed by atoms with Gasteiger partial charge in [-0.15, -0.1) is 0 Å². The van der Waals surface area contributed by atoms with Crippen LogP contribution >= 0.6 is 0 Å². The van der Waals surface area contributed by atoms with Crippen LogP contribution in [-0.2, 0) is 20.7 Å². The van der Waals surface area contributed by atoms with E-state index in [1.807, 2.05) is 6.92 Å². The van der Waals surface area contributed by atoms with Gasteiger partial charge < -0.3 is 10.5 Å². The molecule has 1 heterocycles. The topological polar surface area (TPSA) is 124 Å². The van der Waals surface area contributed by atoms with Crippen molar-refractivity contribution in [3.63, 3.8) is 0 Å². The molecule has 0 radical (unpaired) electrons. The molecule has 0 saturated heterocycles. The molecule has 0 fully saturated rings. The van der Waals surface area contributed by atoms with Gasteiger partial charge in [-0.25, -0.2) is 14.8 Å². The molecule has 0 bridgehead atoms. The number of ether oxygens (including phenoxy) is 1. The fourth-order valence-electron chi connectivity index (χ4n) is 1.78. The number of carbonyl (C=O) groups excluding carboxylic acids is 3. The first-order valence-electron chi connectivity index (χ1n) is 7.26. The number of carbonyl (C=O) groups is 3. The van der Waals surface area contributed by atoms with Crippen LogP contribution in [0.1, 0.15) is 36.3 Å². The first kappa shape index (κ1) is 18.4. The van der Waals surface area contributed by atoms with Crippen molar-refractivity contribution in [3.8, 4) is 0 Å². The van der Waals surface area contributed by atoms with Crippen molar-refractivity contribution in [3.05, 3.63) is 29.1 Å². The number of nitrogens with one attached hydrogen (secondary N) is 1. The summed E-state index contributed by atoms with van der Waals surface area (Å²) in [6, 6.07) is 0. The monoisotopic (exact) mass is 320 g/mol. The first-order chi connectivity index (χ1) is 11.1. The maximum atomic E-state index is 11.9. The van der Waals surface area contributed by atoms with Gasteiger partial charge in [0.1, 0.15) is 6.29 Å². The van der Waals surface area contributed by atoms with E-state index in [4.69, 9.17) is 10.5 Å². The minimum Gasteiger partial charge on any atom is -0.462 e. The summed E-state index contributed by atoms with van der Waals surface area (Å²) in [4.78, 5) is 42.4. The molecule has 0 aromatic carbocycles. The molecule has 23 heavy (non-hydrogen) atoms. The molecule has 1 rings (SSSR count). The van der Waals surface area contributed by atoms with Gasteiger partial charge >= 0.3 is 5.97 Å². The Hall–Kier alpha value is -2.61. The molecule has 8 heteroatoms. The van der Waals surface area contributed by atoms with Gasteiger partial charge in [0.15, 0.2) is 0 Å². The van der Waals surface area contributed by atoms with Gasteiger partial charge in [0.25, 0.3) is 5.91 Å². The van der Waals surface area contributed by atoms with Gasteiger partial charge in [0, 0.05) is 18.3 Å². The van der Waals surface area contributed by atoms with Crippen LogP contribution in [-0.4, -0.2) is 41.3 Å². The van der Waals surface area contributed by atoms with E-state index < -0.39 is 11.9 Å². The second-order valence-corrected chi connectivity index (χ2v) is 4.51. The lowest BCUT2D eigenvalue weighted by atomic mass is 10.1. The van der Waals surface area contributed by atoms with Crippen LogP contribution in [0, 0.1) is 0 Å². The summed E-state index contributed by atoms with van der Waals surface area (Å²) >= 11 is 0. The van der Waals surface area contributed by atoms with Crippen molar-refractivity contribution >= 4 is 24.1 Å². The Labute approximate surface area is 134 Å². The Balaban J connectivity index is 3.03. The number of hydrogen-bond acceptors (Lipinski definition) is 7. The Morgan fingerprint density at radius 1 is 1.39 bits per heavy atom. The lowest BCUT2D eigenvalue weighted by Gasteiger charge is -2.10. The molecular weight excluding hydrogens is 300 g/mol. The number of rotatable bonds is 8. The Morgan fingerprint density at radius 2 is 2.13 bits per heavy atom. The molecule has 0 atom stereocenters. The molecule has 0 aliphatic heterocycles. The molecule has 0 aliphatic carbocycles. The molecule has 1 amide bonds. The highest BCUT2D eigenvalue weighted by Gasteiger charge is 2.17. The number of allylic oxidation sites excluding steroid dienone is 1. The fraction of sp³-hybridized carbons (Fsp3) is 0.400. The third-order valence-electron chi connectivity index (χ3n) is 2.86. The van der Waals surface area contributed by atoms with E-state index in [9.17, 15) is 14.4 Å². The van der Waals surface area contributed by atoms with E-state index in [2.05, 4.69) is 15.3 Å². The third kappa shape index (κ3) is 5.26. The largest absolute Gasteiger partial charge is 0.462 e. The van der Waals surface area contributed by atoms with Gasteiger partial charge in [0.05, 0.1) is 17.9 Å². The van der Waals surface area contributed by atoms with Crippen molar-refractivity contribution in [2.75, 3.05) is 18.5 Å². The molecule has 0 aliphatic rings. The number of aldehydes is 1. The number of nitrogens with zero attached hydrogens (tertiary/aromatic N) is 2. The average Bonchev–Trinajstić information content (AvgIpc) is 2.53. The van der Waals surface area contributed by atoms with Gasteiger partial charge in [-0.3, -0.25) is 14.9 Å². The molecule has 124 valence electrons. The maximum Gasteiger partial charge on any atom is 0.341 e. The molecule has 0 unspecified atom stereocenters. The summed E-state index contributed by atoms with van der Waals surface area (Å²) in [7, 11) is 0. The molecule has 3 N–H and O–H groups in total. The average molecular weight is 320 g/mol. The minimum atomic E-state index is -0.564. The van der Waals surface area contributed by atoms with Crippen LogP contribution in [0.5, 0.6) is 0 Å². The van der Waals surface area contributed by atoms with Gasteiger partial charge in [0.2, 0.25) is 5.95 Å². The highest BCUT2D eigenvalue weighted by atomic mass is 16.5. The summed E-state index contributed by atoms with van der Waals surface area (Å²) in [6.45, 7) is 3.81. The number of esters is 1. The summed E-state index contributed by atoms with van der Waals surface area (Å²) < 4.78 is 4.95. The zero-order valence-electron chi connectivity index (χ0n) is 13.2. The molecule has 8 nitrogen and oxygen atoms in total. The number of nitrogens with two attached hydrogens (primary N) is 1. The summed E-state index contributed by atoms with van der Waals surface area (Å²) in [5, 5.41) is 2.45. The molecular formula is C15H20N4O4. The number of aryl methyl sites for hydroxylation is 1. The predicted molar refractivity (Wildman–Crippen MR) is 83.8 cm³/mol. The second kappa shape index (κ2) is 9.42. The van der Waals surface area contributed by atoms with E-state index in [0.29, 0.717) is 18.4 Å². The zero-order valence-corrected chi connectivity index (χ0v) is 13.2. The number of anilines is 1. The van der Waals surface area contributed by atoms with E-state index in [-0.39, 0.29) is 30.2 Å². The summed E-state index contributed by atoms with van der Waals surface area (Å²) in [6.07, 6.45) is 4.17. The highest BCUT2D eigenvalue weighted by molar-refractivity contribution is 6.05. The number of aromatic nitrogens is 2. The fourth-order valence-corrected chi connectivity index (χ4v) is 1.78. The van der Waals surface area contributed by atoms with E-state index in [1.165, 1.54) is 6.20 Å². The van der Waals surface area contributed by atoms with Gasteiger partial charge in [-0.2, -0.15) is 0 Å². The number of hydrogen-bond donors (Lipinski definition) is 2. The third-order valence-corrected chi connectivity index (χ3v) is 2.86. The van der Waals surface area contributed by atoms with Crippen LogP contribution in [0.4, 0.5) is 5.95 Å². The zero-order chi connectivity index (χ0) is 17.2. The van der Waals surface area contributed by atoms with Crippen LogP contribution in [0.2, 0.25) is 0 Å². The molecule has 0 spiro atoms. The van der Waals surface area contributed by atoms with E-state index in [1.54, 1.807) is 6.92 Å². The van der Waals surface area contributed by atoms with Crippen molar-refractivity contribution in [2.45, 2.75) is 26.7 Å². The molecule has 1 aromatic heterocycles. The summed E-state index contributed by atoms with van der Waals surface area (Å²) in [5.74, 6) is -1.03. The normalized spacial score (nSPS) is 11.0. The van der Waals surface area contributed by atoms with Crippen LogP contribution < -0.4 is 11.1 Å². The smallest absolute Gasteiger partial charge is 0.341 e. The Bertz CT molecular complexity index is 613. The van der Waals surface area contributed by atoms with E-state index in [0.717, 1.165) is 12.5 Å². The molecule has 0 saturated carbocycles. The number of amides is 1. The quantitative estimate of drug-likeness (QED) is 0.409. The standard InChI is InChI=1S/C15H20N4O4/c1-3-5-12-11(14(22)23-4-2)9-17-15(18-12)19-13(21)10(8-16)6-7-20/h6-7,9H,3-5,8,16H2,1-2H3,(H,17,18,19,21)/b10-6-. The lowest BCUT2D eigenvalue weighted by Crippen LogP contribution is -2.22. The SMILES string of the molecule is CCCc1nc(NC(=O)/C(=C\C=O)CN)ncc1C(=O)OCC. The minimum absolute atomic E-state index is 0.0387. The second-order valence-electron chi connectivity index (χ2n) is 4.51. The lowest BCUT2D eigenvalue weighted by molar-refractivity contribution is -0.113. The van der Waals surface area contributed by atoms with Crippen LogP contribution in [0.3, 0.4) is 0 Å². The van der Waals surface area contributed by atoms with Crippen LogP contribution in [0.25, 0.3) is 0 Å². The maximum absolute atomic E-state index is 11.9. The van der Waals surface area contributed by atoms with Gasteiger partial charge in [-0.1, -0.05) is 13.3 Å². The molecule has 1 aromatic rings. The van der Waals surface area contributed by atoms with E-state index >= 15 is 0 Å². The van der Waals surface area contributed by atoms with Crippen molar-refractivity contribution in [1.82, 2.24) is 9.97 Å². The first-order valence-corrected chi connectivity index (χ1v) is 7.26. The van der Waals surface area contributed by atoms with Gasteiger partial charge in [-0.05, 0) is 19.4 Å². The van der Waals surface area contributed by atoms with Crippen molar-refractivity contribution in [1.29, 1.82) is 0 Å². The van der Waals surface area contributed by atoms with Crippen molar-refractivity contribution in [2.24, 2.45) is 5.73 Å². The predicted octanol–water partition coefficient (Wildman–Crippen LogP) is 0.628. The Kier molecular flexibility index (Phi) is 7.55. The Morgan fingerprint density at radius 3 is 2.70 bits per heavy atom. The highest BCUT2D eigenvalue weighted by Crippen LogP contribution is 2.12. The van der Waals surface area contributed by atoms with Crippen LogP contribution in [0.15, 0.2) is 17.8 Å². The summed E-state index contributed by atoms with van der Waals surface area (Å²) in [5.41, 5.74) is 6.27.